The van der Waals surface area contributed by atoms with Crippen molar-refractivity contribution in [2.24, 2.45) is 5.92 Å². The Labute approximate surface area is 146 Å². The van der Waals surface area contributed by atoms with E-state index in [1.54, 1.807) is 6.07 Å². The first-order chi connectivity index (χ1) is 11.1. The number of thioether (sulfide) groups is 1. The summed E-state index contributed by atoms with van der Waals surface area (Å²) in [5.74, 6) is -1.26. The van der Waals surface area contributed by atoms with E-state index in [0.717, 1.165) is 4.31 Å². The number of hydrogen-bond donors (Lipinski definition) is 2. The normalized spacial score (nSPS) is 15.5. The van der Waals surface area contributed by atoms with E-state index < -0.39 is 17.0 Å². The highest BCUT2D eigenvalue weighted by Crippen LogP contribution is 2.40. The number of anilines is 1. The number of aryl methyl sites for hydroxylation is 1. The zero-order valence-electron chi connectivity index (χ0n) is 12.5. The van der Waals surface area contributed by atoms with Crippen molar-refractivity contribution in [2.75, 3.05) is 4.31 Å². The lowest BCUT2D eigenvalue weighted by atomic mass is 10.1. The molecule has 1 aliphatic carbocycles. The monoisotopic (exact) mass is 374 g/mol. The van der Waals surface area contributed by atoms with E-state index in [0.29, 0.717) is 18.4 Å². The van der Waals surface area contributed by atoms with Crippen LogP contribution in [-0.4, -0.2) is 16.5 Å². The standard InChI is InChI=1S/C15H13F3N2O2S2/c1-8-6-10(4-5-12(8)24-15(16,17)18)20(23)14(22)11(7-19)13(21)9-2-3-9/h4-6,9,21,23H,2-3H2,1H3. The van der Waals surface area contributed by atoms with Gasteiger partial charge in [0.2, 0.25) is 0 Å². The van der Waals surface area contributed by atoms with Crippen LogP contribution in [0.5, 0.6) is 0 Å². The molecule has 0 unspecified atom stereocenters. The molecule has 128 valence electrons. The van der Waals surface area contributed by atoms with E-state index in [1.807, 2.05) is 0 Å². The number of benzene rings is 1. The van der Waals surface area contributed by atoms with Gasteiger partial charge >= 0.3 is 5.51 Å². The SMILES string of the molecule is Cc1cc(N(S)C(=O)C(C#N)=C(O)C2CC2)ccc1SC(F)(F)F. The fraction of sp³-hybridized carbons (Fsp3) is 0.333. The van der Waals surface area contributed by atoms with Crippen LogP contribution in [0.3, 0.4) is 0 Å². The zero-order valence-corrected chi connectivity index (χ0v) is 14.2. The van der Waals surface area contributed by atoms with Crippen LogP contribution < -0.4 is 4.31 Å². The van der Waals surface area contributed by atoms with Gasteiger partial charge in [-0.1, -0.05) is 12.8 Å². The molecule has 24 heavy (non-hydrogen) atoms. The second-order valence-corrected chi connectivity index (χ2v) is 6.77. The van der Waals surface area contributed by atoms with Crippen molar-refractivity contribution in [3.8, 4) is 6.07 Å². The Morgan fingerprint density at radius 1 is 1.46 bits per heavy atom. The van der Waals surface area contributed by atoms with Gasteiger partial charge in [-0.3, -0.25) is 9.10 Å². The van der Waals surface area contributed by atoms with Crippen molar-refractivity contribution in [3.05, 3.63) is 35.1 Å². The molecular formula is C15H13F3N2O2S2. The summed E-state index contributed by atoms with van der Waals surface area (Å²) in [5.41, 5.74) is -4.28. The number of carbonyl (C=O) groups excluding carboxylic acids is 1. The first kappa shape index (κ1) is 18.5. The summed E-state index contributed by atoms with van der Waals surface area (Å²) >= 11 is 3.77. The number of aliphatic hydroxyl groups excluding tert-OH is 1. The van der Waals surface area contributed by atoms with Crippen LogP contribution >= 0.6 is 24.6 Å². The van der Waals surface area contributed by atoms with Crippen LogP contribution in [-0.2, 0) is 4.79 Å². The molecule has 2 rings (SSSR count). The average molecular weight is 374 g/mol. The largest absolute Gasteiger partial charge is 0.510 e. The minimum absolute atomic E-state index is 0.0114. The van der Waals surface area contributed by atoms with Gasteiger partial charge in [-0.05, 0) is 55.3 Å². The molecule has 1 saturated carbocycles. The summed E-state index contributed by atoms with van der Waals surface area (Å²) in [6, 6.07) is 5.56. The number of carbonyl (C=O) groups is 1. The molecule has 0 atom stereocenters. The van der Waals surface area contributed by atoms with Crippen molar-refractivity contribution < 1.29 is 23.1 Å². The number of amides is 1. The highest BCUT2D eigenvalue weighted by Gasteiger charge is 2.33. The highest BCUT2D eigenvalue weighted by molar-refractivity contribution is 8.00. The number of rotatable bonds is 4. The number of allylic oxidation sites excluding steroid dienone is 1. The van der Waals surface area contributed by atoms with E-state index in [9.17, 15) is 23.1 Å². The maximum atomic E-state index is 12.4. The molecule has 0 radical (unpaired) electrons. The third kappa shape index (κ3) is 4.39. The van der Waals surface area contributed by atoms with Gasteiger partial charge < -0.3 is 5.11 Å². The minimum Gasteiger partial charge on any atom is -0.510 e. The average Bonchev–Trinajstić information content (AvgIpc) is 3.32. The first-order valence-corrected chi connectivity index (χ1v) is 8.08. The molecule has 0 saturated heterocycles. The molecule has 1 aromatic carbocycles. The van der Waals surface area contributed by atoms with E-state index >= 15 is 0 Å². The van der Waals surface area contributed by atoms with Crippen LogP contribution in [0.15, 0.2) is 34.4 Å². The lowest BCUT2D eigenvalue weighted by Gasteiger charge is -2.17. The van der Waals surface area contributed by atoms with Gasteiger partial charge in [0, 0.05) is 10.8 Å². The molecule has 9 heteroatoms. The van der Waals surface area contributed by atoms with Gasteiger partial charge in [-0.25, -0.2) is 0 Å². The maximum absolute atomic E-state index is 12.4. The number of nitriles is 1. The van der Waals surface area contributed by atoms with Crippen LogP contribution in [0.2, 0.25) is 0 Å². The van der Waals surface area contributed by atoms with E-state index in [4.69, 9.17) is 5.26 Å². The van der Waals surface area contributed by atoms with Crippen molar-refractivity contribution in [3.63, 3.8) is 0 Å². The fourth-order valence-electron chi connectivity index (χ4n) is 2.00. The number of aliphatic hydroxyl groups is 1. The van der Waals surface area contributed by atoms with Crippen molar-refractivity contribution in [1.82, 2.24) is 0 Å². The van der Waals surface area contributed by atoms with Gasteiger partial charge in [0.15, 0.2) is 5.57 Å². The molecule has 1 aliphatic rings. The summed E-state index contributed by atoms with van der Waals surface area (Å²) in [6.07, 6.45) is 1.42. The predicted octanol–water partition coefficient (Wildman–Crippen LogP) is 4.53. The van der Waals surface area contributed by atoms with Crippen LogP contribution in [0.25, 0.3) is 0 Å². The summed E-state index contributed by atoms with van der Waals surface area (Å²) < 4.78 is 38.2. The van der Waals surface area contributed by atoms with Crippen LogP contribution in [0.1, 0.15) is 18.4 Å². The van der Waals surface area contributed by atoms with E-state index in [2.05, 4.69) is 12.8 Å². The summed E-state index contributed by atoms with van der Waals surface area (Å²) in [5, 5.41) is 19.0. The third-order valence-corrected chi connectivity index (χ3v) is 4.69. The van der Waals surface area contributed by atoms with Crippen LogP contribution in [0.4, 0.5) is 18.9 Å². The Morgan fingerprint density at radius 3 is 2.54 bits per heavy atom. The fourth-order valence-corrected chi connectivity index (χ4v) is 2.83. The maximum Gasteiger partial charge on any atom is 0.446 e. The summed E-state index contributed by atoms with van der Waals surface area (Å²) in [4.78, 5) is 12.3. The molecule has 1 N–H and O–H groups in total. The third-order valence-electron chi connectivity index (χ3n) is 3.37. The molecule has 0 heterocycles. The van der Waals surface area contributed by atoms with Crippen LogP contribution in [0, 0.1) is 24.2 Å². The minimum atomic E-state index is -4.41. The summed E-state index contributed by atoms with van der Waals surface area (Å²) in [7, 11) is 0. The quantitative estimate of drug-likeness (QED) is 0.267. The Balaban J connectivity index is 2.25. The van der Waals surface area contributed by atoms with E-state index in [1.165, 1.54) is 25.1 Å². The molecule has 0 aromatic heterocycles. The molecular weight excluding hydrogens is 361 g/mol. The Hall–Kier alpha value is -1.79. The molecule has 1 amide bonds. The number of nitrogens with zero attached hydrogens (tertiary/aromatic N) is 2. The molecule has 0 bridgehead atoms. The number of hydrogen-bond acceptors (Lipinski definition) is 5. The Kier molecular flexibility index (Phi) is 5.40. The van der Waals surface area contributed by atoms with Crippen molar-refractivity contribution in [2.45, 2.75) is 30.2 Å². The lowest BCUT2D eigenvalue weighted by molar-refractivity contribution is -0.113. The van der Waals surface area contributed by atoms with E-state index in [-0.39, 0.29) is 34.0 Å². The highest BCUT2D eigenvalue weighted by atomic mass is 32.2. The molecule has 4 nitrogen and oxygen atoms in total. The van der Waals surface area contributed by atoms with Gasteiger partial charge in [-0.2, -0.15) is 18.4 Å². The van der Waals surface area contributed by atoms with Crippen molar-refractivity contribution in [1.29, 1.82) is 5.26 Å². The Bertz CT molecular complexity index is 737. The number of alkyl halides is 3. The molecule has 1 fully saturated rings. The lowest BCUT2D eigenvalue weighted by Crippen LogP contribution is -2.23. The van der Waals surface area contributed by atoms with Gasteiger partial charge in [0.25, 0.3) is 5.91 Å². The second kappa shape index (κ2) is 6.99. The number of halogens is 3. The molecule has 0 spiro atoms. The predicted molar refractivity (Wildman–Crippen MR) is 87.6 cm³/mol. The van der Waals surface area contributed by atoms with Gasteiger partial charge in [0.1, 0.15) is 11.8 Å². The molecule has 1 aromatic rings. The van der Waals surface area contributed by atoms with Gasteiger partial charge in [0.05, 0.1) is 5.69 Å². The Morgan fingerprint density at radius 2 is 2.08 bits per heavy atom. The van der Waals surface area contributed by atoms with Crippen molar-refractivity contribution >= 4 is 36.2 Å². The molecule has 0 aliphatic heterocycles. The smallest absolute Gasteiger partial charge is 0.446 e. The number of thiol groups is 1. The second-order valence-electron chi connectivity index (χ2n) is 5.26. The zero-order chi connectivity index (χ0) is 18.1. The van der Waals surface area contributed by atoms with Gasteiger partial charge in [-0.15, -0.1) is 0 Å². The first-order valence-electron chi connectivity index (χ1n) is 6.87. The topological polar surface area (TPSA) is 64.3 Å². The summed E-state index contributed by atoms with van der Waals surface area (Å²) in [6.45, 7) is 1.48.